The van der Waals surface area contributed by atoms with Crippen LogP contribution in [0, 0.1) is 0 Å². The summed E-state index contributed by atoms with van der Waals surface area (Å²) in [6.07, 6.45) is 2.98. The number of fused-ring (bicyclic) bond motifs is 1. The maximum absolute atomic E-state index is 13.1. The summed E-state index contributed by atoms with van der Waals surface area (Å²) in [6, 6.07) is 17.6. The topological polar surface area (TPSA) is 64.4 Å². The summed E-state index contributed by atoms with van der Waals surface area (Å²) < 4.78 is 6.78. The third kappa shape index (κ3) is 3.66. The van der Waals surface area contributed by atoms with E-state index in [2.05, 4.69) is 5.10 Å². The number of ether oxygens (including phenoxy) is 1. The van der Waals surface area contributed by atoms with Crippen LogP contribution in [0.25, 0.3) is 0 Å². The lowest BCUT2D eigenvalue weighted by Crippen LogP contribution is -2.41. The number of carbonyl (C=O) groups is 2. The van der Waals surface area contributed by atoms with E-state index in [1.807, 2.05) is 54.6 Å². The number of esters is 1. The molecule has 1 amide bonds. The van der Waals surface area contributed by atoms with Crippen LogP contribution in [-0.2, 0) is 16.6 Å². The summed E-state index contributed by atoms with van der Waals surface area (Å²) >= 11 is 1.72. The number of amides is 1. The van der Waals surface area contributed by atoms with E-state index in [1.54, 1.807) is 29.9 Å². The molecule has 1 unspecified atom stereocenters. The molecule has 1 aliphatic heterocycles. The lowest BCUT2D eigenvalue weighted by molar-refractivity contribution is -0.122. The Morgan fingerprint density at radius 3 is 2.64 bits per heavy atom. The lowest BCUT2D eigenvalue weighted by atomic mass is 10.1. The summed E-state index contributed by atoms with van der Waals surface area (Å²) in [5.41, 5.74) is 2.22. The fourth-order valence-electron chi connectivity index (χ4n) is 3.22. The van der Waals surface area contributed by atoms with Crippen molar-refractivity contribution < 1.29 is 14.3 Å². The minimum atomic E-state index is -0.558. The number of hydrogen-bond acceptors (Lipinski definition) is 5. The molecule has 0 fully saturated rings. The second kappa shape index (κ2) is 7.90. The molecule has 0 saturated heterocycles. The number of aromatic nitrogens is 2. The van der Waals surface area contributed by atoms with Crippen molar-refractivity contribution in [1.82, 2.24) is 9.78 Å². The molecule has 4 rings (SSSR count). The van der Waals surface area contributed by atoms with Crippen molar-refractivity contribution in [2.45, 2.75) is 10.9 Å². The van der Waals surface area contributed by atoms with Gasteiger partial charge in [-0.15, -0.1) is 11.8 Å². The number of rotatable bonds is 4. The van der Waals surface area contributed by atoms with Crippen LogP contribution in [0.2, 0.25) is 0 Å². The van der Waals surface area contributed by atoms with Gasteiger partial charge in [0.15, 0.2) is 6.61 Å². The number of benzene rings is 2. The standard InChI is InChI=1S/C21H19N3O3S/c1-23-12-16(11-22-23)21(26)27-13-20(25)24-17-9-5-6-10-19(17)28-14-18(24)15-7-3-2-4-8-15/h2-12,18H,13-14H2,1H3. The predicted molar refractivity (Wildman–Crippen MR) is 107 cm³/mol. The zero-order valence-electron chi connectivity index (χ0n) is 15.3. The fraction of sp³-hybridized carbons (Fsp3) is 0.190. The summed E-state index contributed by atoms with van der Waals surface area (Å²) in [5.74, 6) is -0.0696. The normalized spacial score (nSPS) is 15.8. The molecule has 1 aromatic heterocycles. The highest BCUT2D eigenvalue weighted by Crippen LogP contribution is 2.43. The van der Waals surface area contributed by atoms with Gasteiger partial charge >= 0.3 is 5.97 Å². The summed E-state index contributed by atoms with van der Waals surface area (Å²) in [7, 11) is 1.72. The average molecular weight is 393 g/mol. The second-order valence-electron chi connectivity index (χ2n) is 6.45. The van der Waals surface area contributed by atoms with Gasteiger partial charge < -0.3 is 4.74 Å². The molecular weight excluding hydrogens is 374 g/mol. The molecule has 142 valence electrons. The first-order valence-corrected chi connectivity index (χ1v) is 9.86. The summed E-state index contributed by atoms with van der Waals surface area (Å²) in [6.45, 7) is -0.323. The Kier molecular flexibility index (Phi) is 5.16. The molecule has 0 bridgehead atoms. The molecule has 2 heterocycles. The molecule has 0 aliphatic carbocycles. The van der Waals surface area contributed by atoms with Crippen LogP contribution in [0.1, 0.15) is 22.0 Å². The highest BCUT2D eigenvalue weighted by Gasteiger charge is 2.33. The van der Waals surface area contributed by atoms with Crippen LogP contribution in [0.5, 0.6) is 0 Å². The molecule has 6 nitrogen and oxygen atoms in total. The number of hydrogen-bond donors (Lipinski definition) is 0. The Labute approximate surface area is 167 Å². The number of para-hydroxylation sites is 1. The molecule has 0 N–H and O–H groups in total. The first-order valence-electron chi connectivity index (χ1n) is 8.88. The second-order valence-corrected chi connectivity index (χ2v) is 7.51. The van der Waals surface area contributed by atoms with Crippen molar-refractivity contribution in [1.29, 1.82) is 0 Å². The van der Waals surface area contributed by atoms with Crippen LogP contribution in [-0.4, -0.2) is 34.0 Å². The van der Waals surface area contributed by atoms with E-state index < -0.39 is 5.97 Å². The summed E-state index contributed by atoms with van der Waals surface area (Å²) in [4.78, 5) is 28.1. The molecule has 28 heavy (non-hydrogen) atoms. The zero-order chi connectivity index (χ0) is 19.5. The van der Waals surface area contributed by atoms with E-state index in [4.69, 9.17) is 4.74 Å². The molecule has 0 saturated carbocycles. The number of anilines is 1. The highest BCUT2D eigenvalue weighted by atomic mass is 32.2. The maximum atomic E-state index is 13.1. The molecular formula is C21H19N3O3S. The SMILES string of the molecule is Cn1cc(C(=O)OCC(=O)N2c3ccccc3SCC2c2ccccc2)cn1. The Bertz CT molecular complexity index is 1000. The van der Waals surface area contributed by atoms with Gasteiger partial charge in [0.25, 0.3) is 5.91 Å². The van der Waals surface area contributed by atoms with Crippen LogP contribution in [0.4, 0.5) is 5.69 Å². The van der Waals surface area contributed by atoms with E-state index in [0.717, 1.165) is 21.9 Å². The van der Waals surface area contributed by atoms with E-state index in [0.29, 0.717) is 5.56 Å². The molecule has 7 heteroatoms. The number of carbonyl (C=O) groups excluding carboxylic acids is 2. The van der Waals surface area contributed by atoms with Crippen LogP contribution in [0.3, 0.4) is 0 Å². The third-order valence-corrected chi connectivity index (χ3v) is 5.69. The maximum Gasteiger partial charge on any atom is 0.341 e. The van der Waals surface area contributed by atoms with Crippen molar-refractivity contribution in [3.05, 3.63) is 78.1 Å². The number of aryl methyl sites for hydroxylation is 1. The molecule has 2 aromatic carbocycles. The van der Waals surface area contributed by atoms with Gasteiger partial charge in [0.1, 0.15) is 0 Å². The van der Waals surface area contributed by atoms with Gasteiger partial charge in [0.2, 0.25) is 0 Å². The number of nitrogens with zero attached hydrogens (tertiary/aromatic N) is 3. The van der Waals surface area contributed by atoms with Crippen molar-refractivity contribution in [3.63, 3.8) is 0 Å². The largest absolute Gasteiger partial charge is 0.452 e. The van der Waals surface area contributed by atoms with E-state index in [1.165, 1.54) is 10.9 Å². The molecule has 0 spiro atoms. The fourth-order valence-corrected chi connectivity index (χ4v) is 4.39. The Morgan fingerprint density at radius 2 is 1.89 bits per heavy atom. The van der Waals surface area contributed by atoms with Crippen LogP contribution in [0.15, 0.2) is 71.9 Å². The Hall–Kier alpha value is -3.06. The lowest BCUT2D eigenvalue weighted by Gasteiger charge is -2.37. The van der Waals surface area contributed by atoms with Gasteiger partial charge in [0.05, 0.1) is 23.5 Å². The first-order chi connectivity index (χ1) is 13.6. The van der Waals surface area contributed by atoms with Crippen molar-refractivity contribution in [2.75, 3.05) is 17.3 Å². The molecule has 1 aliphatic rings. The predicted octanol–water partition coefficient (Wildman–Crippen LogP) is 3.46. The van der Waals surface area contributed by atoms with Crippen molar-refractivity contribution in [2.24, 2.45) is 7.05 Å². The third-order valence-electron chi connectivity index (χ3n) is 4.55. The Balaban J connectivity index is 1.58. The highest BCUT2D eigenvalue weighted by molar-refractivity contribution is 7.99. The van der Waals surface area contributed by atoms with Gasteiger partial charge in [-0.25, -0.2) is 4.79 Å². The minimum Gasteiger partial charge on any atom is -0.452 e. The number of thioether (sulfide) groups is 1. The van der Waals surface area contributed by atoms with Crippen LogP contribution < -0.4 is 4.90 Å². The monoisotopic (exact) mass is 393 g/mol. The first kappa shape index (κ1) is 18.3. The van der Waals surface area contributed by atoms with E-state index >= 15 is 0 Å². The zero-order valence-corrected chi connectivity index (χ0v) is 16.1. The van der Waals surface area contributed by atoms with Gasteiger partial charge in [-0.05, 0) is 17.7 Å². The molecule has 1 atom stereocenters. The van der Waals surface area contributed by atoms with Gasteiger partial charge in [-0.2, -0.15) is 5.10 Å². The molecule has 3 aromatic rings. The van der Waals surface area contributed by atoms with Crippen molar-refractivity contribution in [3.8, 4) is 0 Å². The van der Waals surface area contributed by atoms with Gasteiger partial charge in [-0.3, -0.25) is 14.4 Å². The average Bonchev–Trinajstić information content (AvgIpc) is 3.18. The quantitative estimate of drug-likeness (QED) is 0.635. The molecule has 0 radical (unpaired) electrons. The van der Waals surface area contributed by atoms with Crippen LogP contribution >= 0.6 is 11.8 Å². The van der Waals surface area contributed by atoms with Gasteiger partial charge in [0, 0.05) is 23.9 Å². The van der Waals surface area contributed by atoms with E-state index in [-0.39, 0.29) is 18.6 Å². The summed E-state index contributed by atoms with van der Waals surface area (Å²) in [5, 5.41) is 3.95. The van der Waals surface area contributed by atoms with Crippen molar-refractivity contribution >= 4 is 29.3 Å². The minimum absolute atomic E-state index is 0.120. The smallest absolute Gasteiger partial charge is 0.341 e. The van der Waals surface area contributed by atoms with E-state index in [9.17, 15) is 9.59 Å². The van der Waals surface area contributed by atoms with Gasteiger partial charge in [-0.1, -0.05) is 42.5 Å². The Morgan fingerprint density at radius 1 is 1.14 bits per heavy atom.